The summed E-state index contributed by atoms with van der Waals surface area (Å²) in [6.07, 6.45) is 18.1. The van der Waals surface area contributed by atoms with Crippen molar-refractivity contribution >= 4 is 29.3 Å². The van der Waals surface area contributed by atoms with Crippen LogP contribution in [0.4, 0.5) is 0 Å². The Morgan fingerprint density at radius 1 is 0.771 bits per heavy atom. The second kappa shape index (κ2) is 17.9. The van der Waals surface area contributed by atoms with Crippen LogP contribution in [0.15, 0.2) is 23.1 Å². The van der Waals surface area contributed by atoms with E-state index in [2.05, 4.69) is 32.4 Å². The van der Waals surface area contributed by atoms with Crippen molar-refractivity contribution in [2.75, 3.05) is 31.3 Å². The largest absolute Gasteiger partial charge is 0.478 e. The smallest absolute Gasteiger partial charge is 0.338 e. The van der Waals surface area contributed by atoms with Crippen LogP contribution in [-0.2, 0) is 14.9 Å². The normalized spacial score (nSPS) is 11.9. The van der Waals surface area contributed by atoms with E-state index in [0.717, 1.165) is 18.2 Å². The number of carboxylic acid groups (broad SMARTS) is 1. The molecule has 0 spiro atoms. The third-order valence-corrected chi connectivity index (χ3v) is 12.7. The Balaban J connectivity index is 0.000000662. The molecule has 35 heavy (non-hydrogen) atoms. The molecule has 9 heteroatoms. The fraction of sp³-hybridized carbons (Fsp3) is 0.692. The van der Waals surface area contributed by atoms with Crippen molar-refractivity contribution in [2.45, 2.75) is 90.9 Å². The van der Waals surface area contributed by atoms with Gasteiger partial charge in [-0.15, -0.1) is 0 Å². The Kier molecular flexibility index (Phi) is 17.1. The summed E-state index contributed by atoms with van der Waals surface area (Å²) in [5.41, 5.74) is -0.697. The summed E-state index contributed by atoms with van der Waals surface area (Å²) in [5, 5.41) is 8.78. The minimum atomic E-state index is -4.60. The van der Waals surface area contributed by atoms with Crippen molar-refractivity contribution in [3.05, 3.63) is 29.3 Å². The molecule has 1 rings (SSSR count). The van der Waals surface area contributed by atoms with Crippen LogP contribution in [0, 0.1) is 0 Å². The van der Waals surface area contributed by atoms with Crippen molar-refractivity contribution in [3.8, 4) is 0 Å². The topological polar surface area (TPSA) is 118 Å². The monoisotopic (exact) mass is 534 g/mol. The first-order valence-electron chi connectivity index (χ1n) is 13.0. The molecule has 0 aromatic heterocycles. The number of hydrogen-bond donors (Lipinski definition) is 2. The number of carboxylic acids is 1. The molecule has 0 aliphatic heterocycles. The van der Waals surface area contributed by atoms with Gasteiger partial charge in [-0.25, -0.2) is 9.59 Å². The zero-order valence-electron chi connectivity index (χ0n) is 22.3. The predicted octanol–water partition coefficient (Wildman–Crippen LogP) is 6.74. The molecule has 0 fully saturated rings. The molecule has 0 unspecified atom stereocenters. The minimum Gasteiger partial charge on any atom is -0.478 e. The third-order valence-electron chi connectivity index (χ3n) is 6.21. The number of unbranched alkanes of at least 4 members (excludes halogenated alkanes) is 4. The predicted molar refractivity (Wildman–Crippen MR) is 147 cm³/mol. The van der Waals surface area contributed by atoms with Crippen LogP contribution in [-0.4, -0.2) is 61.3 Å². The van der Waals surface area contributed by atoms with E-state index in [1.165, 1.54) is 51.4 Å². The Labute approximate surface area is 213 Å². The van der Waals surface area contributed by atoms with Crippen LogP contribution in [0.5, 0.6) is 0 Å². The molecule has 1 aromatic carbocycles. The molecule has 7 nitrogen and oxygen atoms in total. The second-order valence-corrected chi connectivity index (χ2v) is 15.6. The van der Waals surface area contributed by atoms with E-state index in [0.29, 0.717) is 0 Å². The number of carbonyl (C=O) groups excluding carboxylic acids is 1. The summed E-state index contributed by atoms with van der Waals surface area (Å²) in [7, 11) is -5.48. The molecule has 2 N–H and O–H groups in total. The number of hydrogen-bond acceptors (Lipinski definition) is 5. The first kappa shape index (κ1) is 33.5. The molecule has 1 aromatic rings. The van der Waals surface area contributed by atoms with Gasteiger partial charge in [0.05, 0.1) is 22.6 Å². The fourth-order valence-corrected chi connectivity index (χ4v) is 10.6. The van der Waals surface area contributed by atoms with E-state index in [1.807, 2.05) is 0 Å². The van der Waals surface area contributed by atoms with Gasteiger partial charge in [-0.1, -0.05) is 0 Å². The SMILES string of the molecule is CCCC[PH](CCCC)(CCCC)CCCC.CCOC(=O)c1cc(C(=O)O)cc(S(=O)(=O)O)c1. The molecular weight excluding hydrogens is 487 g/mol. The summed E-state index contributed by atoms with van der Waals surface area (Å²) in [6, 6.07) is 2.56. The quantitative estimate of drug-likeness (QED) is 0.137. The molecule has 0 aliphatic carbocycles. The Hall–Kier alpha value is -1.50. The van der Waals surface area contributed by atoms with Gasteiger partial charge in [-0.3, -0.25) is 4.55 Å². The van der Waals surface area contributed by atoms with Crippen LogP contribution in [0.3, 0.4) is 0 Å². The maximum Gasteiger partial charge on any atom is 0.338 e. The zero-order chi connectivity index (χ0) is 26.9. The molecule has 0 radical (unpaired) electrons. The number of esters is 1. The Morgan fingerprint density at radius 2 is 1.17 bits per heavy atom. The van der Waals surface area contributed by atoms with E-state index < -0.39 is 39.8 Å². The molecule has 204 valence electrons. The van der Waals surface area contributed by atoms with E-state index in [1.54, 1.807) is 31.6 Å². The van der Waals surface area contributed by atoms with Gasteiger partial charge in [-0.05, 0) is 25.1 Å². The van der Waals surface area contributed by atoms with E-state index in [-0.39, 0.29) is 12.2 Å². The summed E-state index contributed by atoms with van der Waals surface area (Å²) in [5.74, 6) is -2.29. The first-order chi connectivity index (χ1) is 16.5. The van der Waals surface area contributed by atoms with Crippen molar-refractivity contribution < 1.29 is 32.4 Å². The number of carbonyl (C=O) groups is 2. The average Bonchev–Trinajstić information content (AvgIpc) is 2.82. The van der Waals surface area contributed by atoms with Gasteiger partial charge in [0.25, 0.3) is 10.1 Å². The van der Waals surface area contributed by atoms with Crippen LogP contribution >= 0.6 is 7.26 Å². The fourth-order valence-electron chi connectivity index (χ4n) is 4.16. The molecule has 0 saturated carbocycles. The standard InChI is InChI=1S/C16H37P.C10H10O7S/c1-5-9-13-17(14-10-6-2,15-11-7-3)16-12-8-4;1-2-17-10(13)7-3-6(9(11)12)4-8(5-7)18(14,15)16/h17H,5-16H2,1-4H3;3-5H,2H2,1H3,(H,11,12)(H,14,15,16). The summed E-state index contributed by atoms with van der Waals surface area (Å²) in [6.45, 7) is 11.0. The molecule has 0 atom stereocenters. The molecular formula is C26H47O7PS. The second-order valence-electron chi connectivity index (χ2n) is 9.16. The number of rotatable bonds is 16. The van der Waals surface area contributed by atoms with Crippen LogP contribution in [0.25, 0.3) is 0 Å². The summed E-state index contributed by atoms with van der Waals surface area (Å²) in [4.78, 5) is 21.5. The van der Waals surface area contributed by atoms with Crippen molar-refractivity contribution in [3.63, 3.8) is 0 Å². The van der Waals surface area contributed by atoms with E-state index in [9.17, 15) is 18.0 Å². The van der Waals surface area contributed by atoms with Crippen molar-refractivity contribution in [1.29, 1.82) is 0 Å². The van der Waals surface area contributed by atoms with Gasteiger partial charge < -0.3 is 9.84 Å². The summed E-state index contributed by atoms with van der Waals surface area (Å²) < 4.78 is 35.4. The van der Waals surface area contributed by atoms with Crippen molar-refractivity contribution in [2.24, 2.45) is 0 Å². The average molecular weight is 535 g/mol. The zero-order valence-corrected chi connectivity index (χ0v) is 24.1. The Morgan fingerprint density at radius 3 is 1.49 bits per heavy atom. The molecule has 0 bridgehead atoms. The molecule has 0 saturated heterocycles. The van der Waals surface area contributed by atoms with Crippen LogP contribution in [0.1, 0.15) is 107 Å². The molecule has 0 heterocycles. The number of ether oxygens (including phenoxy) is 1. The van der Waals surface area contributed by atoms with Gasteiger partial charge >= 0.3 is 123 Å². The van der Waals surface area contributed by atoms with E-state index in [4.69, 9.17) is 9.66 Å². The van der Waals surface area contributed by atoms with Crippen LogP contribution < -0.4 is 0 Å². The molecule has 0 amide bonds. The van der Waals surface area contributed by atoms with Gasteiger partial charge in [-0.2, -0.15) is 8.42 Å². The summed E-state index contributed by atoms with van der Waals surface area (Å²) >= 11 is 0. The van der Waals surface area contributed by atoms with Crippen LogP contribution in [0.2, 0.25) is 0 Å². The van der Waals surface area contributed by atoms with E-state index >= 15 is 0 Å². The maximum absolute atomic E-state index is 11.4. The van der Waals surface area contributed by atoms with Gasteiger partial charge in [0, 0.05) is 0 Å². The maximum atomic E-state index is 11.4. The van der Waals surface area contributed by atoms with Gasteiger partial charge in [0.15, 0.2) is 0 Å². The van der Waals surface area contributed by atoms with Gasteiger partial charge in [0.1, 0.15) is 0 Å². The third kappa shape index (κ3) is 13.4. The van der Waals surface area contributed by atoms with Gasteiger partial charge in [0.2, 0.25) is 0 Å². The number of aromatic carboxylic acids is 1. The number of benzene rings is 1. The first-order valence-corrected chi connectivity index (χ1v) is 17.3. The Bertz CT molecular complexity index is 831. The molecule has 0 aliphatic rings. The minimum absolute atomic E-state index is 0.0529. The van der Waals surface area contributed by atoms with Crippen molar-refractivity contribution in [1.82, 2.24) is 0 Å².